The largest absolute Gasteiger partial charge is 0.369 e. The topological polar surface area (TPSA) is 50.7 Å². The number of hydrogen-bond donors (Lipinski definition) is 1. The van der Waals surface area contributed by atoms with Gasteiger partial charge in [-0.2, -0.15) is 0 Å². The van der Waals surface area contributed by atoms with Gasteiger partial charge in [0.15, 0.2) is 0 Å². The molecule has 0 aliphatic heterocycles. The summed E-state index contributed by atoms with van der Waals surface area (Å²) in [5.41, 5.74) is 2.18. The lowest BCUT2D eigenvalue weighted by molar-refractivity contribution is 0.994. The lowest BCUT2D eigenvalue weighted by atomic mass is 10.2. The molecule has 0 aliphatic rings. The molecule has 0 amide bonds. The number of para-hydroxylation sites is 1. The van der Waals surface area contributed by atoms with E-state index in [2.05, 4.69) is 26.3 Å². The minimum Gasteiger partial charge on any atom is -0.369 e. The number of anilines is 1. The van der Waals surface area contributed by atoms with Crippen LogP contribution in [0.4, 0.5) is 5.82 Å². The molecule has 0 atom stereocenters. The Hall–Kier alpha value is -2.49. The van der Waals surface area contributed by atoms with E-state index in [4.69, 9.17) is 0 Å². The first-order valence-electron chi connectivity index (χ1n) is 6.26. The van der Waals surface area contributed by atoms with Crippen molar-refractivity contribution in [2.75, 3.05) is 11.9 Å². The monoisotopic (exact) mass is 250 g/mol. The maximum Gasteiger partial charge on any atom is 0.137 e. The van der Waals surface area contributed by atoms with Gasteiger partial charge in [0, 0.05) is 24.3 Å². The Morgan fingerprint density at radius 1 is 1.00 bits per heavy atom. The second-order valence-electron chi connectivity index (χ2n) is 4.28. The van der Waals surface area contributed by atoms with Crippen LogP contribution in [0.2, 0.25) is 0 Å². The van der Waals surface area contributed by atoms with Crippen LogP contribution in [0.1, 0.15) is 5.56 Å². The quantitative estimate of drug-likeness (QED) is 0.773. The summed E-state index contributed by atoms with van der Waals surface area (Å²) in [7, 11) is 0. The van der Waals surface area contributed by atoms with Crippen LogP contribution in [-0.2, 0) is 6.42 Å². The van der Waals surface area contributed by atoms with Gasteiger partial charge in [-0.15, -0.1) is 0 Å². The van der Waals surface area contributed by atoms with E-state index >= 15 is 0 Å². The Balaban J connectivity index is 1.72. The average molecular weight is 250 g/mol. The maximum absolute atomic E-state index is 4.30. The maximum atomic E-state index is 4.30. The number of rotatable bonds is 4. The van der Waals surface area contributed by atoms with Gasteiger partial charge in [0.2, 0.25) is 0 Å². The van der Waals surface area contributed by atoms with Gasteiger partial charge in [-0.05, 0) is 30.2 Å². The molecule has 2 heterocycles. The molecule has 1 N–H and O–H groups in total. The fraction of sp³-hybridized carbons (Fsp3) is 0.133. The normalized spacial score (nSPS) is 10.5. The fourth-order valence-corrected chi connectivity index (χ4v) is 2.02. The van der Waals surface area contributed by atoms with Gasteiger partial charge in [-0.25, -0.2) is 9.97 Å². The lowest BCUT2D eigenvalue weighted by Gasteiger charge is -2.07. The van der Waals surface area contributed by atoms with Crippen LogP contribution in [0, 0.1) is 0 Å². The van der Waals surface area contributed by atoms with Crippen LogP contribution in [0.5, 0.6) is 0 Å². The highest BCUT2D eigenvalue weighted by Gasteiger charge is 2.01. The number of pyridine rings is 1. The SMILES string of the molecule is c1cncc(CCNc2ncnc3ccccc23)c1. The highest BCUT2D eigenvalue weighted by atomic mass is 15.0. The molecule has 0 bridgehead atoms. The summed E-state index contributed by atoms with van der Waals surface area (Å²) in [6.45, 7) is 0.826. The van der Waals surface area contributed by atoms with Crippen LogP contribution in [0.15, 0.2) is 55.1 Å². The van der Waals surface area contributed by atoms with Crippen molar-refractivity contribution in [1.82, 2.24) is 15.0 Å². The van der Waals surface area contributed by atoms with Crippen molar-refractivity contribution in [1.29, 1.82) is 0 Å². The minimum atomic E-state index is 0.826. The summed E-state index contributed by atoms with van der Waals surface area (Å²) in [6, 6.07) is 12.0. The van der Waals surface area contributed by atoms with Crippen LogP contribution in [0.25, 0.3) is 10.9 Å². The summed E-state index contributed by atoms with van der Waals surface area (Å²) in [5, 5.41) is 4.41. The van der Waals surface area contributed by atoms with Crippen molar-refractivity contribution in [3.8, 4) is 0 Å². The third kappa shape index (κ3) is 2.68. The number of benzene rings is 1. The number of fused-ring (bicyclic) bond motifs is 1. The molecule has 94 valence electrons. The zero-order valence-electron chi connectivity index (χ0n) is 10.5. The van der Waals surface area contributed by atoms with Gasteiger partial charge in [-0.3, -0.25) is 4.98 Å². The molecule has 4 nitrogen and oxygen atoms in total. The number of nitrogens with zero attached hydrogens (tertiary/aromatic N) is 3. The van der Waals surface area contributed by atoms with Crippen molar-refractivity contribution in [3.63, 3.8) is 0 Å². The first-order valence-corrected chi connectivity index (χ1v) is 6.26. The first kappa shape index (κ1) is 11.6. The van der Waals surface area contributed by atoms with Crippen LogP contribution < -0.4 is 5.32 Å². The molecule has 4 heteroatoms. The highest BCUT2D eigenvalue weighted by molar-refractivity contribution is 5.88. The summed E-state index contributed by atoms with van der Waals surface area (Å²) < 4.78 is 0. The van der Waals surface area contributed by atoms with E-state index in [0.717, 1.165) is 29.7 Å². The Bertz CT molecular complexity index is 662. The molecule has 0 aliphatic carbocycles. The Labute approximate surface area is 111 Å². The van der Waals surface area contributed by atoms with Gasteiger partial charge >= 0.3 is 0 Å². The van der Waals surface area contributed by atoms with Gasteiger partial charge < -0.3 is 5.32 Å². The van der Waals surface area contributed by atoms with Crippen molar-refractivity contribution < 1.29 is 0 Å². The Morgan fingerprint density at radius 2 is 1.95 bits per heavy atom. The Morgan fingerprint density at radius 3 is 2.84 bits per heavy atom. The molecule has 3 aromatic rings. The molecule has 0 radical (unpaired) electrons. The zero-order valence-corrected chi connectivity index (χ0v) is 10.5. The van der Waals surface area contributed by atoms with E-state index in [1.165, 1.54) is 5.56 Å². The third-order valence-corrected chi connectivity index (χ3v) is 2.97. The van der Waals surface area contributed by atoms with Crippen molar-refractivity contribution >= 4 is 16.7 Å². The second kappa shape index (κ2) is 5.44. The smallest absolute Gasteiger partial charge is 0.137 e. The number of hydrogen-bond acceptors (Lipinski definition) is 4. The minimum absolute atomic E-state index is 0.826. The standard InChI is InChI=1S/C15H14N4/c1-2-6-14-13(5-1)15(19-11-18-14)17-9-7-12-4-3-8-16-10-12/h1-6,8,10-11H,7,9H2,(H,17,18,19). The summed E-state index contributed by atoms with van der Waals surface area (Å²) in [4.78, 5) is 12.7. The molecule has 2 aromatic heterocycles. The molecule has 1 aromatic carbocycles. The van der Waals surface area contributed by atoms with Crippen molar-refractivity contribution in [3.05, 3.63) is 60.7 Å². The first-order chi connectivity index (χ1) is 9.43. The number of nitrogens with one attached hydrogen (secondary N) is 1. The molecule has 0 unspecified atom stereocenters. The molecule has 3 rings (SSSR count). The molecule has 0 saturated carbocycles. The van der Waals surface area contributed by atoms with Gasteiger partial charge in [0.05, 0.1) is 5.52 Å². The molecular weight excluding hydrogens is 236 g/mol. The van der Waals surface area contributed by atoms with E-state index in [-0.39, 0.29) is 0 Å². The number of aromatic nitrogens is 3. The van der Waals surface area contributed by atoms with Crippen molar-refractivity contribution in [2.45, 2.75) is 6.42 Å². The predicted molar refractivity (Wildman–Crippen MR) is 76.0 cm³/mol. The molecular formula is C15H14N4. The van der Waals surface area contributed by atoms with Gasteiger partial charge in [-0.1, -0.05) is 18.2 Å². The van der Waals surface area contributed by atoms with Crippen LogP contribution in [0.3, 0.4) is 0 Å². The van der Waals surface area contributed by atoms with Crippen molar-refractivity contribution in [2.24, 2.45) is 0 Å². The molecule has 0 spiro atoms. The Kier molecular flexibility index (Phi) is 3.32. The third-order valence-electron chi connectivity index (χ3n) is 2.97. The van der Waals surface area contributed by atoms with E-state index in [9.17, 15) is 0 Å². The van der Waals surface area contributed by atoms with E-state index < -0.39 is 0 Å². The second-order valence-corrected chi connectivity index (χ2v) is 4.28. The predicted octanol–water partition coefficient (Wildman–Crippen LogP) is 2.68. The summed E-state index contributed by atoms with van der Waals surface area (Å²) in [6.07, 6.45) is 6.19. The van der Waals surface area contributed by atoms with Gasteiger partial charge in [0.25, 0.3) is 0 Å². The zero-order chi connectivity index (χ0) is 12.9. The molecule has 0 fully saturated rings. The van der Waals surface area contributed by atoms with E-state index in [1.807, 2.05) is 36.5 Å². The molecule has 0 saturated heterocycles. The van der Waals surface area contributed by atoms with Crippen LogP contribution in [-0.4, -0.2) is 21.5 Å². The average Bonchev–Trinajstić information content (AvgIpc) is 2.49. The van der Waals surface area contributed by atoms with E-state index in [1.54, 1.807) is 12.5 Å². The van der Waals surface area contributed by atoms with E-state index in [0.29, 0.717) is 0 Å². The highest BCUT2D eigenvalue weighted by Crippen LogP contribution is 2.18. The summed E-state index contributed by atoms with van der Waals surface area (Å²) >= 11 is 0. The lowest BCUT2D eigenvalue weighted by Crippen LogP contribution is -2.07. The summed E-state index contributed by atoms with van der Waals surface area (Å²) in [5.74, 6) is 0.884. The van der Waals surface area contributed by atoms with Crippen LogP contribution >= 0.6 is 0 Å². The van der Waals surface area contributed by atoms with Gasteiger partial charge in [0.1, 0.15) is 12.1 Å². The fourth-order valence-electron chi connectivity index (χ4n) is 2.02. The molecule has 19 heavy (non-hydrogen) atoms.